The normalized spacial score (nSPS) is 10.6. The molecule has 3 heteroatoms. The summed E-state index contributed by atoms with van der Waals surface area (Å²) in [4.78, 5) is 0. The molecule has 0 amide bonds. The van der Waals surface area contributed by atoms with Gasteiger partial charge in [-0.05, 0) is 42.2 Å². The largest absolute Gasteiger partial charge is 0.507 e. The molecule has 0 atom stereocenters. The molecule has 0 fully saturated rings. The third-order valence-corrected chi connectivity index (χ3v) is 3.39. The lowest BCUT2D eigenvalue weighted by Gasteiger charge is -2.16. The Hall–Kier alpha value is -2.16. The monoisotopic (exact) mass is 258 g/mol. The Morgan fingerprint density at radius 1 is 0.737 bits per heavy atom. The zero-order chi connectivity index (χ0) is 14.0. The maximum absolute atomic E-state index is 10.1. The highest BCUT2D eigenvalue weighted by molar-refractivity contribution is 5.83. The molecule has 0 spiro atoms. The second-order valence-corrected chi connectivity index (χ2v) is 4.48. The van der Waals surface area contributed by atoms with Gasteiger partial charge in [0.1, 0.15) is 17.2 Å². The summed E-state index contributed by atoms with van der Waals surface area (Å²) >= 11 is 0. The van der Waals surface area contributed by atoms with Crippen LogP contribution in [0.15, 0.2) is 30.3 Å². The summed E-state index contributed by atoms with van der Waals surface area (Å²) in [5, 5.41) is 30.1. The lowest BCUT2D eigenvalue weighted by atomic mass is 9.91. The second-order valence-electron chi connectivity index (χ2n) is 4.48. The summed E-state index contributed by atoms with van der Waals surface area (Å²) in [5.74, 6) is 0.0161. The van der Waals surface area contributed by atoms with Gasteiger partial charge in [-0.2, -0.15) is 0 Å². The van der Waals surface area contributed by atoms with Crippen LogP contribution in [0.1, 0.15) is 25.0 Å². The lowest BCUT2D eigenvalue weighted by molar-refractivity contribution is 0.449. The van der Waals surface area contributed by atoms with Gasteiger partial charge < -0.3 is 15.3 Å². The summed E-state index contributed by atoms with van der Waals surface area (Å²) in [6.07, 6.45) is 1.56. The highest BCUT2D eigenvalue weighted by Crippen LogP contribution is 2.44. The average Bonchev–Trinajstić information content (AvgIpc) is 2.40. The van der Waals surface area contributed by atoms with Crippen molar-refractivity contribution in [3.63, 3.8) is 0 Å². The molecule has 0 heterocycles. The first-order chi connectivity index (χ1) is 9.10. The molecule has 0 aliphatic heterocycles. The van der Waals surface area contributed by atoms with Crippen LogP contribution in [0.4, 0.5) is 0 Å². The number of aryl methyl sites for hydroxylation is 1. The highest BCUT2D eigenvalue weighted by atomic mass is 16.3. The van der Waals surface area contributed by atoms with Crippen LogP contribution >= 0.6 is 0 Å². The van der Waals surface area contributed by atoms with E-state index in [1.165, 1.54) is 12.1 Å². The van der Waals surface area contributed by atoms with Crippen molar-refractivity contribution in [3.8, 4) is 28.4 Å². The minimum atomic E-state index is -0.0294. The van der Waals surface area contributed by atoms with E-state index in [0.29, 0.717) is 11.1 Å². The first-order valence-corrected chi connectivity index (χ1v) is 6.45. The van der Waals surface area contributed by atoms with Gasteiger partial charge in [-0.1, -0.05) is 26.0 Å². The molecule has 0 aliphatic rings. The fourth-order valence-electron chi connectivity index (χ4n) is 2.48. The van der Waals surface area contributed by atoms with Crippen molar-refractivity contribution in [1.82, 2.24) is 0 Å². The van der Waals surface area contributed by atoms with Crippen molar-refractivity contribution in [2.24, 2.45) is 0 Å². The molecule has 100 valence electrons. The Morgan fingerprint density at radius 2 is 1.32 bits per heavy atom. The predicted octanol–water partition coefficient (Wildman–Crippen LogP) is 3.60. The van der Waals surface area contributed by atoms with E-state index in [0.717, 1.165) is 24.0 Å². The van der Waals surface area contributed by atoms with E-state index >= 15 is 0 Å². The van der Waals surface area contributed by atoms with Crippen LogP contribution in [0, 0.1) is 0 Å². The number of hydrogen-bond acceptors (Lipinski definition) is 3. The second kappa shape index (κ2) is 5.22. The minimum absolute atomic E-state index is 0.0294. The fraction of sp³-hybridized carbons (Fsp3) is 0.250. The summed E-state index contributed by atoms with van der Waals surface area (Å²) < 4.78 is 0. The molecule has 2 aromatic rings. The van der Waals surface area contributed by atoms with Gasteiger partial charge in [0.05, 0.1) is 5.56 Å². The third kappa shape index (κ3) is 2.24. The van der Waals surface area contributed by atoms with Gasteiger partial charge >= 0.3 is 0 Å². The SMILES string of the molecule is CCc1ccc(O)c(-c2c(O)cccc2O)c1CC. The summed E-state index contributed by atoms with van der Waals surface area (Å²) in [6, 6.07) is 8.08. The molecule has 3 N–H and O–H groups in total. The van der Waals surface area contributed by atoms with Gasteiger partial charge in [0.15, 0.2) is 0 Å². The summed E-state index contributed by atoms with van der Waals surface area (Å²) in [6.45, 7) is 4.04. The Kier molecular flexibility index (Phi) is 3.65. The molecular formula is C16H18O3. The molecule has 0 unspecified atom stereocenters. The molecule has 0 saturated heterocycles. The van der Waals surface area contributed by atoms with Crippen LogP contribution < -0.4 is 0 Å². The maximum Gasteiger partial charge on any atom is 0.127 e. The first kappa shape index (κ1) is 13.3. The van der Waals surface area contributed by atoms with E-state index in [4.69, 9.17) is 0 Å². The molecule has 0 aromatic heterocycles. The molecule has 2 aromatic carbocycles. The van der Waals surface area contributed by atoms with Crippen molar-refractivity contribution >= 4 is 0 Å². The van der Waals surface area contributed by atoms with Crippen molar-refractivity contribution in [1.29, 1.82) is 0 Å². The molecule has 19 heavy (non-hydrogen) atoms. The highest BCUT2D eigenvalue weighted by Gasteiger charge is 2.18. The molecule has 0 radical (unpaired) electrons. The smallest absolute Gasteiger partial charge is 0.127 e. The number of aromatic hydroxyl groups is 3. The molecular weight excluding hydrogens is 240 g/mol. The van der Waals surface area contributed by atoms with Crippen LogP contribution in [0.3, 0.4) is 0 Å². The van der Waals surface area contributed by atoms with Gasteiger partial charge in [-0.25, -0.2) is 0 Å². The van der Waals surface area contributed by atoms with Crippen molar-refractivity contribution in [3.05, 3.63) is 41.5 Å². The van der Waals surface area contributed by atoms with Crippen molar-refractivity contribution in [2.75, 3.05) is 0 Å². The fourth-order valence-corrected chi connectivity index (χ4v) is 2.48. The van der Waals surface area contributed by atoms with Crippen LogP contribution in [0.5, 0.6) is 17.2 Å². The Balaban J connectivity index is 2.81. The van der Waals surface area contributed by atoms with Crippen LogP contribution in [-0.2, 0) is 12.8 Å². The van der Waals surface area contributed by atoms with Crippen LogP contribution in [-0.4, -0.2) is 15.3 Å². The average molecular weight is 258 g/mol. The van der Waals surface area contributed by atoms with E-state index in [-0.39, 0.29) is 17.2 Å². The van der Waals surface area contributed by atoms with Crippen LogP contribution in [0.2, 0.25) is 0 Å². The number of hydrogen-bond donors (Lipinski definition) is 3. The van der Waals surface area contributed by atoms with Crippen LogP contribution in [0.25, 0.3) is 11.1 Å². The Morgan fingerprint density at radius 3 is 1.84 bits per heavy atom. The van der Waals surface area contributed by atoms with E-state index < -0.39 is 0 Å². The third-order valence-electron chi connectivity index (χ3n) is 3.39. The minimum Gasteiger partial charge on any atom is -0.507 e. The van der Waals surface area contributed by atoms with E-state index in [9.17, 15) is 15.3 Å². The zero-order valence-electron chi connectivity index (χ0n) is 11.1. The summed E-state index contributed by atoms with van der Waals surface area (Å²) in [7, 11) is 0. The molecule has 0 aliphatic carbocycles. The Bertz CT molecular complexity index is 583. The predicted molar refractivity (Wildman–Crippen MR) is 75.6 cm³/mol. The van der Waals surface area contributed by atoms with Gasteiger partial charge in [0.2, 0.25) is 0 Å². The first-order valence-electron chi connectivity index (χ1n) is 6.45. The topological polar surface area (TPSA) is 60.7 Å². The molecule has 0 bridgehead atoms. The number of benzene rings is 2. The maximum atomic E-state index is 10.1. The summed E-state index contributed by atoms with van der Waals surface area (Å²) in [5.41, 5.74) is 2.89. The molecule has 2 rings (SSSR count). The van der Waals surface area contributed by atoms with E-state index in [2.05, 4.69) is 0 Å². The van der Waals surface area contributed by atoms with Gasteiger partial charge in [0, 0.05) is 5.56 Å². The zero-order valence-corrected chi connectivity index (χ0v) is 11.1. The number of rotatable bonds is 3. The van der Waals surface area contributed by atoms with E-state index in [1.807, 2.05) is 19.9 Å². The van der Waals surface area contributed by atoms with Gasteiger partial charge in [-0.3, -0.25) is 0 Å². The molecule has 3 nitrogen and oxygen atoms in total. The number of phenolic OH excluding ortho intramolecular Hbond substituents is 3. The quantitative estimate of drug-likeness (QED) is 0.788. The number of phenols is 3. The molecule has 0 saturated carbocycles. The van der Waals surface area contributed by atoms with Gasteiger partial charge in [0.25, 0.3) is 0 Å². The van der Waals surface area contributed by atoms with Crippen molar-refractivity contribution < 1.29 is 15.3 Å². The lowest BCUT2D eigenvalue weighted by Crippen LogP contribution is -1.96. The van der Waals surface area contributed by atoms with E-state index in [1.54, 1.807) is 12.1 Å². The standard InChI is InChI=1S/C16H18O3/c1-3-10-8-9-14(19)15(11(10)4-2)16-12(17)6-5-7-13(16)18/h5-9,17-19H,3-4H2,1-2H3. The Labute approximate surface area is 112 Å². The van der Waals surface area contributed by atoms with Gasteiger partial charge in [-0.15, -0.1) is 0 Å². The van der Waals surface area contributed by atoms with Crippen molar-refractivity contribution in [2.45, 2.75) is 26.7 Å².